The molecule has 0 saturated carbocycles. The van der Waals surface area contributed by atoms with Crippen molar-refractivity contribution in [3.05, 3.63) is 58.1 Å². The minimum atomic E-state index is -0.977. The highest BCUT2D eigenvalue weighted by Crippen LogP contribution is 2.50. The Balaban J connectivity index is 0.000000158. The molecule has 2 N–H and O–H groups in total. The van der Waals surface area contributed by atoms with Crippen molar-refractivity contribution < 1.29 is 29.4 Å². The second kappa shape index (κ2) is 11.2. The number of fused-ring (bicyclic) bond motifs is 4. The van der Waals surface area contributed by atoms with Gasteiger partial charge < -0.3 is 20.0 Å². The second-order valence-electron chi connectivity index (χ2n) is 10.1. The number of hydrogen-bond acceptors (Lipinski definition) is 6. The molecular weight excluding hydrogens is 604 g/mol. The van der Waals surface area contributed by atoms with Crippen molar-refractivity contribution in [2.75, 3.05) is 45.9 Å². The van der Waals surface area contributed by atoms with E-state index >= 15 is 0 Å². The van der Waals surface area contributed by atoms with Crippen LogP contribution < -0.4 is 9.80 Å². The number of carbonyl (C=O) groups is 4. The summed E-state index contributed by atoms with van der Waals surface area (Å²) in [7, 11) is 0. The number of amides is 2. The van der Waals surface area contributed by atoms with Crippen molar-refractivity contribution >= 4 is 74.6 Å². The number of rotatable bonds is 4. The van der Waals surface area contributed by atoms with Crippen LogP contribution in [-0.4, -0.2) is 70.1 Å². The molecule has 2 amide bonds. The number of para-hydroxylation sites is 1. The Hall–Kier alpha value is -2.50. The largest absolute Gasteiger partial charge is 0.480 e. The molecule has 4 aliphatic heterocycles. The standard InChI is InChI=1S/C14H14BrNO3S.C14H15NO3S/c15-9-1-2-11-10(7-9)14(3-5-20-6-4-14)13(19)16(11)8-12(17)18;16-12(17)9-15-11-4-2-1-3-10(11)14(13(15)18)5-7-19-8-6-14/h1-2,7H,3-6,8H2,(H,17,18);1-4H,5-9H2,(H,16,17). The van der Waals surface area contributed by atoms with E-state index in [2.05, 4.69) is 15.9 Å². The second-order valence-corrected chi connectivity index (χ2v) is 13.5. The molecule has 206 valence electrons. The number of carbonyl (C=O) groups excluding carboxylic acids is 2. The first-order valence-electron chi connectivity index (χ1n) is 12.8. The lowest BCUT2D eigenvalue weighted by Gasteiger charge is -2.32. The number of anilines is 2. The minimum absolute atomic E-state index is 0.0311. The fraction of sp³-hybridized carbons (Fsp3) is 0.429. The number of halogens is 1. The van der Waals surface area contributed by atoms with Crippen molar-refractivity contribution in [3.63, 3.8) is 0 Å². The van der Waals surface area contributed by atoms with Crippen LogP contribution in [-0.2, 0) is 30.0 Å². The van der Waals surface area contributed by atoms with Gasteiger partial charge in [-0.1, -0.05) is 34.1 Å². The average molecular weight is 634 g/mol. The summed E-state index contributed by atoms with van der Waals surface area (Å²) in [5.41, 5.74) is 2.55. The Labute approximate surface area is 243 Å². The van der Waals surface area contributed by atoms with E-state index in [1.54, 1.807) is 0 Å². The van der Waals surface area contributed by atoms with Gasteiger partial charge in [0, 0.05) is 15.8 Å². The van der Waals surface area contributed by atoms with E-state index in [9.17, 15) is 19.2 Å². The van der Waals surface area contributed by atoms with E-state index in [0.29, 0.717) is 0 Å². The zero-order chi connectivity index (χ0) is 27.8. The van der Waals surface area contributed by atoms with E-state index in [-0.39, 0.29) is 24.9 Å². The molecule has 2 saturated heterocycles. The van der Waals surface area contributed by atoms with Crippen LogP contribution in [0.5, 0.6) is 0 Å². The SMILES string of the molecule is O=C(O)CN1C(=O)C2(CCSCC2)c2cc(Br)ccc21.O=C(O)CN1C(=O)C2(CCSCC2)c2ccccc21. The molecule has 0 atom stereocenters. The Morgan fingerprint density at radius 2 is 1.21 bits per heavy atom. The molecule has 4 heterocycles. The van der Waals surface area contributed by atoms with Crippen LogP contribution in [0.2, 0.25) is 0 Å². The number of carboxylic acids is 2. The van der Waals surface area contributed by atoms with Gasteiger partial charge in [0.15, 0.2) is 0 Å². The predicted molar refractivity (Wildman–Crippen MR) is 157 cm³/mol. The van der Waals surface area contributed by atoms with E-state index in [1.165, 1.54) is 9.80 Å². The van der Waals surface area contributed by atoms with Crippen molar-refractivity contribution in [1.82, 2.24) is 0 Å². The zero-order valence-electron chi connectivity index (χ0n) is 21.2. The molecule has 2 fully saturated rings. The molecular formula is C28H29BrN2O6S2. The molecule has 6 rings (SSSR count). The van der Waals surface area contributed by atoms with Gasteiger partial charge in [0.1, 0.15) is 13.1 Å². The molecule has 0 aromatic heterocycles. The van der Waals surface area contributed by atoms with Crippen molar-refractivity contribution in [2.45, 2.75) is 36.5 Å². The molecule has 4 aliphatic rings. The lowest BCUT2D eigenvalue weighted by Crippen LogP contribution is -2.44. The van der Waals surface area contributed by atoms with E-state index in [4.69, 9.17) is 10.2 Å². The van der Waals surface area contributed by atoms with E-state index in [1.807, 2.05) is 66.0 Å². The number of aliphatic carboxylic acids is 2. The van der Waals surface area contributed by atoms with Crippen molar-refractivity contribution in [2.24, 2.45) is 0 Å². The first-order chi connectivity index (χ1) is 18.7. The first-order valence-corrected chi connectivity index (χ1v) is 15.9. The molecule has 0 aliphatic carbocycles. The maximum absolute atomic E-state index is 12.8. The van der Waals surface area contributed by atoms with Gasteiger partial charge in [-0.25, -0.2) is 0 Å². The Morgan fingerprint density at radius 1 is 0.744 bits per heavy atom. The zero-order valence-corrected chi connectivity index (χ0v) is 24.4. The number of hydrogen-bond donors (Lipinski definition) is 2. The van der Waals surface area contributed by atoms with Crippen molar-refractivity contribution in [3.8, 4) is 0 Å². The minimum Gasteiger partial charge on any atom is -0.480 e. The Kier molecular flexibility index (Phi) is 8.03. The lowest BCUT2D eigenvalue weighted by molar-refractivity contribution is -0.137. The number of nitrogens with zero attached hydrogens (tertiary/aromatic N) is 2. The molecule has 0 radical (unpaired) electrons. The molecule has 0 unspecified atom stereocenters. The average Bonchev–Trinajstić information content (AvgIpc) is 3.27. The maximum atomic E-state index is 12.8. The van der Waals surface area contributed by atoms with Gasteiger partial charge in [-0.2, -0.15) is 23.5 Å². The smallest absolute Gasteiger partial charge is 0.323 e. The summed E-state index contributed by atoms with van der Waals surface area (Å²) in [5, 5.41) is 18.1. The number of benzene rings is 2. The van der Waals surface area contributed by atoms with Crippen molar-refractivity contribution in [1.29, 1.82) is 0 Å². The van der Waals surface area contributed by atoms with Gasteiger partial charge in [-0.05, 0) is 84.1 Å². The van der Waals surface area contributed by atoms with Gasteiger partial charge in [0.2, 0.25) is 11.8 Å². The molecule has 2 aromatic carbocycles. The van der Waals surface area contributed by atoms with Crippen LogP contribution in [0.3, 0.4) is 0 Å². The van der Waals surface area contributed by atoms with Gasteiger partial charge in [0.05, 0.1) is 10.8 Å². The fourth-order valence-electron chi connectivity index (χ4n) is 6.20. The van der Waals surface area contributed by atoms with E-state index < -0.39 is 22.8 Å². The Bertz CT molecular complexity index is 1320. The monoisotopic (exact) mass is 632 g/mol. The Morgan fingerprint density at radius 3 is 1.72 bits per heavy atom. The number of carboxylic acid groups (broad SMARTS) is 2. The quantitative estimate of drug-likeness (QED) is 0.505. The summed E-state index contributed by atoms with van der Waals surface area (Å²) in [6.07, 6.45) is 3.19. The molecule has 11 heteroatoms. The molecule has 8 nitrogen and oxygen atoms in total. The number of thioether (sulfide) groups is 2. The summed E-state index contributed by atoms with van der Waals surface area (Å²) in [4.78, 5) is 50.4. The topological polar surface area (TPSA) is 115 Å². The molecule has 0 bridgehead atoms. The molecule has 2 aromatic rings. The van der Waals surface area contributed by atoms with Gasteiger partial charge in [-0.15, -0.1) is 0 Å². The highest BCUT2D eigenvalue weighted by molar-refractivity contribution is 9.10. The third kappa shape index (κ3) is 4.97. The summed E-state index contributed by atoms with van der Waals surface area (Å²) in [5.74, 6) is 1.78. The summed E-state index contributed by atoms with van der Waals surface area (Å²) >= 11 is 7.17. The lowest BCUT2D eigenvalue weighted by atomic mass is 9.76. The molecule has 39 heavy (non-hydrogen) atoms. The highest BCUT2D eigenvalue weighted by Gasteiger charge is 2.52. The third-order valence-electron chi connectivity index (χ3n) is 8.06. The first kappa shape index (κ1) is 28.0. The van der Waals surface area contributed by atoms with Crippen LogP contribution in [0, 0.1) is 0 Å². The summed E-state index contributed by atoms with van der Waals surface area (Å²) < 4.78 is 0.929. The van der Waals surface area contributed by atoms with Crippen LogP contribution >= 0.6 is 39.5 Å². The van der Waals surface area contributed by atoms with Gasteiger partial charge in [-0.3, -0.25) is 19.2 Å². The van der Waals surface area contributed by atoms with Gasteiger partial charge >= 0.3 is 11.9 Å². The molecule has 2 spiro atoms. The fourth-order valence-corrected chi connectivity index (χ4v) is 8.94. The van der Waals surface area contributed by atoms with E-state index in [0.717, 1.165) is 75.7 Å². The predicted octanol–water partition coefficient (Wildman–Crippen LogP) is 4.53. The normalized spacial score (nSPS) is 20.4. The highest BCUT2D eigenvalue weighted by atomic mass is 79.9. The van der Waals surface area contributed by atoms with Crippen LogP contribution in [0.15, 0.2) is 46.9 Å². The van der Waals surface area contributed by atoms with Crippen LogP contribution in [0.1, 0.15) is 36.8 Å². The summed E-state index contributed by atoms with van der Waals surface area (Å²) in [6, 6.07) is 13.3. The van der Waals surface area contributed by atoms with Crippen LogP contribution in [0.4, 0.5) is 11.4 Å². The summed E-state index contributed by atoms with van der Waals surface area (Å²) in [6.45, 7) is -0.507. The van der Waals surface area contributed by atoms with Gasteiger partial charge in [0.25, 0.3) is 0 Å². The third-order valence-corrected chi connectivity index (χ3v) is 10.5. The van der Waals surface area contributed by atoms with Crippen LogP contribution in [0.25, 0.3) is 0 Å². The maximum Gasteiger partial charge on any atom is 0.323 e.